The smallest absolute Gasteiger partial charge is 0.255 e. The maximum atomic E-state index is 12.5. The summed E-state index contributed by atoms with van der Waals surface area (Å²) in [4.78, 5) is 14.1. The molecule has 0 unspecified atom stereocenters. The molecule has 0 radical (unpaired) electrons. The van der Waals surface area contributed by atoms with Crippen LogP contribution in [0.4, 0.5) is 5.69 Å². The standard InChI is InChI=1S/C15H17ClN2O2/c1-10(20-2)15(19)18(9-11-3-4-11)14-7-13(16)6-5-12(14)8-17/h5-7,10-11H,3-4,9H2,1-2H3/t10-/m1/s1. The summed E-state index contributed by atoms with van der Waals surface area (Å²) in [7, 11) is 1.50. The topological polar surface area (TPSA) is 53.3 Å². The Morgan fingerprint density at radius 3 is 2.85 bits per heavy atom. The number of ether oxygens (including phenoxy) is 1. The molecule has 5 heteroatoms. The Labute approximate surface area is 123 Å². The molecular weight excluding hydrogens is 276 g/mol. The first-order chi connectivity index (χ1) is 9.56. The Morgan fingerprint density at radius 1 is 1.60 bits per heavy atom. The number of rotatable bonds is 5. The van der Waals surface area contributed by atoms with Crippen LogP contribution < -0.4 is 4.90 Å². The zero-order valence-electron chi connectivity index (χ0n) is 11.6. The van der Waals surface area contributed by atoms with Crippen molar-refractivity contribution in [2.75, 3.05) is 18.6 Å². The molecule has 1 aliphatic rings. The van der Waals surface area contributed by atoms with Crippen molar-refractivity contribution in [3.8, 4) is 6.07 Å². The Morgan fingerprint density at radius 2 is 2.30 bits per heavy atom. The van der Waals surface area contributed by atoms with E-state index in [-0.39, 0.29) is 5.91 Å². The van der Waals surface area contributed by atoms with Crippen LogP contribution in [0.2, 0.25) is 5.02 Å². The van der Waals surface area contributed by atoms with E-state index in [0.29, 0.717) is 28.7 Å². The minimum Gasteiger partial charge on any atom is -0.372 e. The predicted octanol–water partition coefficient (Wildman–Crippen LogP) is 2.99. The van der Waals surface area contributed by atoms with E-state index in [0.717, 1.165) is 12.8 Å². The largest absolute Gasteiger partial charge is 0.372 e. The van der Waals surface area contributed by atoms with Crippen LogP contribution in [0.15, 0.2) is 18.2 Å². The molecule has 1 aromatic carbocycles. The number of halogens is 1. The summed E-state index contributed by atoms with van der Waals surface area (Å²) in [6.45, 7) is 2.32. The normalized spacial score (nSPS) is 15.5. The van der Waals surface area contributed by atoms with Gasteiger partial charge in [0.25, 0.3) is 5.91 Å². The summed E-state index contributed by atoms with van der Waals surface area (Å²) in [5.74, 6) is 0.367. The second-order valence-electron chi connectivity index (χ2n) is 5.04. The molecule has 0 aromatic heterocycles. The highest BCUT2D eigenvalue weighted by Gasteiger charge is 2.31. The van der Waals surface area contributed by atoms with Gasteiger partial charge in [0.05, 0.1) is 11.3 Å². The molecule has 0 N–H and O–H groups in total. The fraction of sp³-hybridized carbons (Fsp3) is 0.467. The molecule has 1 aromatic rings. The summed E-state index contributed by atoms with van der Waals surface area (Å²) in [6, 6.07) is 7.08. The van der Waals surface area contributed by atoms with Gasteiger partial charge in [-0.2, -0.15) is 5.26 Å². The van der Waals surface area contributed by atoms with Gasteiger partial charge in [0.15, 0.2) is 0 Å². The zero-order valence-corrected chi connectivity index (χ0v) is 12.4. The quantitative estimate of drug-likeness (QED) is 0.838. The van der Waals surface area contributed by atoms with Crippen LogP contribution in [0.25, 0.3) is 0 Å². The summed E-state index contributed by atoms with van der Waals surface area (Å²) in [6.07, 6.45) is 1.69. The number of carbonyl (C=O) groups is 1. The van der Waals surface area contributed by atoms with Crippen molar-refractivity contribution in [2.24, 2.45) is 5.92 Å². The van der Waals surface area contributed by atoms with Gasteiger partial charge in [-0.25, -0.2) is 0 Å². The van der Waals surface area contributed by atoms with Crippen LogP contribution in [0.5, 0.6) is 0 Å². The molecule has 106 valence electrons. The van der Waals surface area contributed by atoms with Gasteiger partial charge in [-0.05, 0) is 43.9 Å². The summed E-state index contributed by atoms with van der Waals surface area (Å²) >= 11 is 6.01. The Bertz CT molecular complexity index is 549. The van der Waals surface area contributed by atoms with E-state index in [9.17, 15) is 10.1 Å². The Balaban J connectivity index is 2.37. The second kappa shape index (κ2) is 6.25. The molecule has 0 spiro atoms. The first kappa shape index (κ1) is 14.8. The Hall–Kier alpha value is -1.57. The van der Waals surface area contributed by atoms with Crippen molar-refractivity contribution in [1.29, 1.82) is 5.26 Å². The number of methoxy groups -OCH3 is 1. The summed E-state index contributed by atoms with van der Waals surface area (Å²) in [5, 5.41) is 9.73. The molecule has 0 heterocycles. The first-order valence-electron chi connectivity index (χ1n) is 6.60. The highest BCUT2D eigenvalue weighted by atomic mass is 35.5. The van der Waals surface area contributed by atoms with Gasteiger partial charge in [0, 0.05) is 18.7 Å². The van der Waals surface area contributed by atoms with Crippen LogP contribution >= 0.6 is 11.6 Å². The number of benzene rings is 1. The van der Waals surface area contributed by atoms with E-state index < -0.39 is 6.10 Å². The molecule has 0 saturated heterocycles. The molecule has 1 amide bonds. The molecule has 1 saturated carbocycles. The van der Waals surface area contributed by atoms with Crippen molar-refractivity contribution >= 4 is 23.2 Å². The third-order valence-corrected chi connectivity index (χ3v) is 3.71. The van der Waals surface area contributed by atoms with Crippen LogP contribution in [0.3, 0.4) is 0 Å². The fourth-order valence-electron chi connectivity index (χ4n) is 2.01. The van der Waals surface area contributed by atoms with Gasteiger partial charge in [0.1, 0.15) is 12.2 Å². The molecule has 1 atom stereocenters. The van der Waals surface area contributed by atoms with Crippen LogP contribution in [-0.4, -0.2) is 25.7 Å². The number of hydrogen-bond acceptors (Lipinski definition) is 3. The third kappa shape index (κ3) is 3.30. The van der Waals surface area contributed by atoms with Gasteiger partial charge in [-0.3, -0.25) is 4.79 Å². The van der Waals surface area contributed by atoms with E-state index >= 15 is 0 Å². The lowest BCUT2D eigenvalue weighted by Gasteiger charge is -2.26. The van der Waals surface area contributed by atoms with Crippen molar-refractivity contribution < 1.29 is 9.53 Å². The lowest BCUT2D eigenvalue weighted by Crippen LogP contribution is -2.40. The summed E-state index contributed by atoms with van der Waals surface area (Å²) < 4.78 is 5.11. The van der Waals surface area contributed by atoms with Crippen molar-refractivity contribution in [2.45, 2.75) is 25.9 Å². The number of hydrogen-bond donors (Lipinski definition) is 0. The highest BCUT2D eigenvalue weighted by Crippen LogP contribution is 2.33. The SMILES string of the molecule is CO[C@H](C)C(=O)N(CC1CC1)c1cc(Cl)ccc1C#N. The van der Waals surface area contributed by atoms with Crippen molar-refractivity contribution in [3.63, 3.8) is 0 Å². The van der Waals surface area contributed by atoms with Crippen LogP contribution in [0, 0.1) is 17.2 Å². The van der Waals surface area contributed by atoms with Crippen LogP contribution in [-0.2, 0) is 9.53 Å². The fourth-order valence-corrected chi connectivity index (χ4v) is 2.17. The maximum absolute atomic E-state index is 12.5. The second-order valence-corrected chi connectivity index (χ2v) is 5.48. The molecule has 20 heavy (non-hydrogen) atoms. The Kier molecular flexibility index (Phi) is 4.64. The van der Waals surface area contributed by atoms with E-state index in [1.807, 2.05) is 0 Å². The number of nitriles is 1. The van der Waals surface area contributed by atoms with Gasteiger partial charge >= 0.3 is 0 Å². The highest BCUT2D eigenvalue weighted by molar-refractivity contribution is 6.31. The molecule has 1 fully saturated rings. The average Bonchev–Trinajstić information content (AvgIpc) is 3.27. The molecule has 0 aliphatic heterocycles. The number of amides is 1. The van der Waals surface area contributed by atoms with Crippen molar-refractivity contribution in [1.82, 2.24) is 0 Å². The number of nitrogens with zero attached hydrogens (tertiary/aromatic N) is 2. The molecule has 2 rings (SSSR count). The molecule has 4 nitrogen and oxygen atoms in total. The lowest BCUT2D eigenvalue weighted by molar-refractivity contribution is -0.127. The minimum atomic E-state index is -0.542. The average molecular weight is 293 g/mol. The predicted molar refractivity (Wildman–Crippen MR) is 77.7 cm³/mol. The van der Waals surface area contributed by atoms with Gasteiger partial charge in [-0.15, -0.1) is 0 Å². The number of anilines is 1. The minimum absolute atomic E-state index is 0.141. The molecular formula is C15H17ClN2O2. The molecule has 1 aliphatic carbocycles. The van der Waals surface area contributed by atoms with Crippen molar-refractivity contribution in [3.05, 3.63) is 28.8 Å². The van der Waals surface area contributed by atoms with Crippen LogP contribution in [0.1, 0.15) is 25.3 Å². The van der Waals surface area contributed by atoms with E-state index in [2.05, 4.69) is 6.07 Å². The first-order valence-corrected chi connectivity index (χ1v) is 6.98. The van der Waals surface area contributed by atoms with Gasteiger partial charge in [-0.1, -0.05) is 11.6 Å². The summed E-state index contributed by atoms with van der Waals surface area (Å²) in [5.41, 5.74) is 1.02. The third-order valence-electron chi connectivity index (χ3n) is 3.48. The van der Waals surface area contributed by atoms with Gasteiger partial charge < -0.3 is 9.64 Å². The zero-order chi connectivity index (χ0) is 14.7. The van der Waals surface area contributed by atoms with E-state index in [1.165, 1.54) is 7.11 Å². The van der Waals surface area contributed by atoms with E-state index in [1.54, 1.807) is 30.0 Å². The van der Waals surface area contributed by atoms with E-state index in [4.69, 9.17) is 16.3 Å². The maximum Gasteiger partial charge on any atom is 0.255 e. The molecule has 0 bridgehead atoms. The monoisotopic (exact) mass is 292 g/mol. The lowest BCUT2D eigenvalue weighted by atomic mass is 10.1. The van der Waals surface area contributed by atoms with Gasteiger partial charge in [0.2, 0.25) is 0 Å². The number of carbonyl (C=O) groups excluding carboxylic acids is 1.